The van der Waals surface area contributed by atoms with E-state index in [-0.39, 0.29) is 6.10 Å². The van der Waals surface area contributed by atoms with E-state index in [1.54, 1.807) is 0 Å². The van der Waals surface area contributed by atoms with Gasteiger partial charge in [-0.3, -0.25) is 0 Å². The third-order valence-electron chi connectivity index (χ3n) is 3.71. The van der Waals surface area contributed by atoms with Crippen LogP contribution in [0.2, 0.25) is 0 Å². The second-order valence-corrected chi connectivity index (χ2v) is 5.44. The maximum absolute atomic E-state index is 5.92. The highest BCUT2D eigenvalue weighted by atomic mass is 16.5. The summed E-state index contributed by atoms with van der Waals surface area (Å²) in [5.41, 5.74) is 2.67. The molecule has 1 N–H and O–H groups in total. The molecule has 20 heavy (non-hydrogen) atoms. The van der Waals surface area contributed by atoms with E-state index < -0.39 is 0 Å². The third-order valence-corrected chi connectivity index (χ3v) is 3.71. The van der Waals surface area contributed by atoms with Crippen molar-refractivity contribution in [2.24, 2.45) is 0 Å². The van der Waals surface area contributed by atoms with Crippen LogP contribution < -0.4 is 10.1 Å². The van der Waals surface area contributed by atoms with Crippen molar-refractivity contribution in [3.8, 4) is 5.75 Å². The van der Waals surface area contributed by atoms with Gasteiger partial charge in [0.05, 0.1) is 0 Å². The Bertz CT molecular complexity index is 537. The molecule has 1 unspecified atom stereocenters. The maximum atomic E-state index is 5.92. The van der Waals surface area contributed by atoms with Gasteiger partial charge >= 0.3 is 0 Å². The molecular formula is C17H22N2O. The zero-order chi connectivity index (χ0) is 13.8. The van der Waals surface area contributed by atoms with Gasteiger partial charge in [0.2, 0.25) is 0 Å². The van der Waals surface area contributed by atoms with Gasteiger partial charge in [-0.2, -0.15) is 0 Å². The number of aryl methyl sites for hydroxylation is 1. The van der Waals surface area contributed by atoms with Gasteiger partial charge in [-0.15, -0.1) is 0 Å². The lowest BCUT2D eigenvalue weighted by Gasteiger charge is -2.11. The number of nitrogens with zero attached hydrogens (tertiary/aromatic N) is 1. The number of para-hydroxylation sites is 1. The molecule has 0 radical (unpaired) electrons. The van der Waals surface area contributed by atoms with Crippen molar-refractivity contribution in [3.05, 3.63) is 53.9 Å². The van der Waals surface area contributed by atoms with Gasteiger partial charge in [0, 0.05) is 38.4 Å². The smallest absolute Gasteiger partial charge is 0.123 e. The molecule has 1 aromatic carbocycles. The highest BCUT2D eigenvalue weighted by Crippen LogP contribution is 2.27. The summed E-state index contributed by atoms with van der Waals surface area (Å²) in [7, 11) is 0. The Hall–Kier alpha value is -1.74. The normalized spacial score (nSPS) is 16.9. The summed E-state index contributed by atoms with van der Waals surface area (Å²) in [6.07, 6.45) is 6.84. The highest BCUT2D eigenvalue weighted by molar-refractivity contribution is 5.37. The Morgan fingerprint density at radius 1 is 1.30 bits per heavy atom. The molecule has 0 bridgehead atoms. The van der Waals surface area contributed by atoms with E-state index >= 15 is 0 Å². The second-order valence-electron chi connectivity index (χ2n) is 5.44. The van der Waals surface area contributed by atoms with Crippen molar-refractivity contribution in [1.29, 1.82) is 0 Å². The van der Waals surface area contributed by atoms with E-state index in [4.69, 9.17) is 4.74 Å². The standard InChI is InChI=1S/C17H22N2O/c1-2-8-19-9-7-14(13-19)11-18-12-16-10-15-5-3-4-6-17(15)20-16/h3-7,9,13,16,18H,2,8,10-12H2,1H3. The molecule has 1 aromatic heterocycles. The first-order valence-corrected chi connectivity index (χ1v) is 7.45. The predicted octanol–water partition coefficient (Wildman–Crippen LogP) is 2.99. The van der Waals surface area contributed by atoms with Crippen LogP contribution in [0.25, 0.3) is 0 Å². The van der Waals surface area contributed by atoms with Crippen molar-refractivity contribution >= 4 is 0 Å². The lowest BCUT2D eigenvalue weighted by molar-refractivity contribution is 0.227. The summed E-state index contributed by atoms with van der Waals surface area (Å²) in [5.74, 6) is 1.05. The van der Waals surface area contributed by atoms with Crippen molar-refractivity contribution < 1.29 is 4.74 Å². The fraction of sp³-hybridized carbons (Fsp3) is 0.412. The fourth-order valence-corrected chi connectivity index (χ4v) is 2.74. The minimum absolute atomic E-state index is 0.269. The molecule has 0 saturated carbocycles. The van der Waals surface area contributed by atoms with E-state index in [1.165, 1.54) is 17.5 Å². The molecule has 0 saturated heterocycles. The second kappa shape index (κ2) is 6.14. The number of fused-ring (bicyclic) bond motifs is 1. The summed E-state index contributed by atoms with van der Waals surface area (Å²) in [4.78, 5) is 0. The monoisotopic (exact) mass is 270 g/mol. The van der Waals surface area contributed by atoms with Crippen LogP contribution >= 0.6 is 0 Å². The van der Waals surface area contributed by atoms with E-state index in [9.17, 15) is 0 Å². The molecule has 3 nitrogen and oxygen atoms in total. The number of hydrogen-bond acceptors (Lipinski definition) is 2. The summed E-state index contributed by atoms with van der Waals surface area (Å²) in [6.45, 7) is 5.11. The lowest BCUT2D eigenvalue weighted by Crippen LogP contribution is -2.29. The minimum atomic E-state index is 0.269. The topological polar surface area (TPSA) is 26.2 Å². The summed E-state index contributed by atoms with van der Waals surface area (Å²) < 4.78 is 8.17. The van der Waals surface area contributed by atoms with Gasteiger partial charge in [0.1, 0.15) is 11.9 Å². The number of ether oxygens (including phenoxy) is 1. The predicted molar refractivity (Wildman–Crippen MR) is 81.0 cm³/mol. The molecule has 0 amide bonds. The molecule has 3 rings (SSSR count). The maximum Gasteiger partial charge on any atom is 0.123 e. The molecule has 106 valence electrons. The van der Waals surface area contributed by atoms with Crippen molar-refractivity contribution in [1.82, 2.24) is 9.88 Å². The van der Waals surface area contributed by atoms with Crippen LogP contribution in [-0.2, 0) is 19.5 Å². The quantitative estimate of drug-likeness (QED) is 0.873. The van der Waals surface area contributed by atoms with Crippen molar-refractivity contribution in [2.45, 2.75) is 39.0 Å². The summed E-state index contributed by atoms with van der Waals surface area (Å²) in [6, 6.07) is 10.5. The SMILES string of the molecule is CCCn1ccc(CNCC2Cc3ccccc3O2)c1. The minimum Gasteiger partial charge on any atom is -0.488 e. The van der Waals surface area contributed by atoms with E-state index in [1.807, 2.05) is 6.07 Å². The fourth-order valence-electron chi connectivity index (χ4n) is 2.74. The van der Waals surface area contributed by atoms with Gasteiger partial charge in [0.25, 0.3) is 0 Å². The van der Waals surface area contributed by atoms with Crippen LogP contribution in [0.3, 0.4) is 0 Å². The lowest BCUT2D eigenvalue weighted by atomic mass is 10.1. The molecule has 1 aliphatic heterocycles. The average Bonchev–Trinajstić information content (AvgIpc) is 3.05. The third kappa shape index (κ3) is 3.05. The van der Waals surface area contributed by atoms with Crippen LogP contribution in [0.5, 0.6) is 5.75 Å². The van der Waals surface area contributed by atoms with E-state index in [0.717, 1.165) is 31.8 Å². The molecule has 0 spiro atoms. The first-order chi connectivity index (χ1) is 9.85. The van der Waals surface area contributed by atoms with Gasteiger partial charge in [-0.05, 0) is 29.7 Å². The molecular weight excluding hydrogens is 248 g/mol. The zero-order valence-corrected chi connectivity index (χ0v) is 12.0. The molecule has 1 atom stereocenters. The first-order valence-electron chi connectivity index (χ1n) is 7.45. The van der Waals surface area contributed by atoms with Crippen molar-refractivity contribution in [3.63, 3.8) is 0 Å². The Morgan fingerprint density at radius 2 is 2.20 bits per heavy atom. The largest absolute Gasteiger partial charge is 0.488 e. The Kier molecular flexibility index (Phi) is 4.07. The van der Waals surface area contributed by atoms with Crippen LogP contribution in [0, 0.1) is 0 Å². The highest BCUT2D eigenvalue weighted by Gasteiger charge is 2.21. The molecule has 0 fully saturated rings. The molecule has 0 aliphatic carbocycles. The van der Waals surface area contributed by atoms with Crippen LogP contribution in [0.15, 0.2) is 42.7 Å². The summed E-state index contributed by atoms with van der Waals surface area (Å²) in [5, 5.41) is 3.50. The van der Waals surface area contributed by atoms with Crippen molar-refractivity contribution in [2.75, 3.05) is 6.54 Å². The summed E-state index contributed by atoms with van der Waals surface area (Å²) >= 11 is 0. The van der Waals surface area contributed by atoms with Gasteiger partial charge in [-0.1, -0.05) is 25.1 Å². The van der Waals surface area contributed by atoms with Gasteiger partial charge < -0.3 is 14.6 Å². The number of aromatic nitrogens is 1. The molecule has 2 aromatic rings. The molecule has 1 aliphatic rings. The van der Waals surface area contributed by atoms with Gasteiger partial charge in [0.15, 0.2) is 0 Å². The Balaban J connectivity index is 1.44. The van der Waals surface area contributed by atoms with Crippen LogP contribution in [-0.4, -0.2) is 17.2 Å². The van der Waals surface area contributed by atoms with Gasteiger partial charge in [-0.25, -0.2) is 0 Å². The number of hydrogen-bond donors (Lipinski definition) is 1. The molecule has 3 heteroatoms. The number of benzene rings is 1. The number of nitrogens with one attached hydrogen (secondary N) is 1. The van der Waals surface area contributed by atoms with Crippen LogP contribution in [0.4, 0.5) is 0 Å². The first kappa shape index (κ1) is 13.3. The van der Waals surface area contributed by atoms with E-state index in [0.29, 0.717) is 0 Å². The Labute approximate surface area is 120 Å². The van der Waals surface area contributed by atoms with Crippen LogP contribution in [0.1, 0.15) is 24.5 Å². The average molecular weight is 270 g/mol. The zero-order valence-electron chi connectivity index (χ0n) is 12.0. The van der Waals surface area contributed by atoms with E-state index in [2.05, 4.69) is 53.5 Å². The Morgan fingerprint density at radius 3 is 3.05 bits per heavy atom. The molecule has 2 heterocycles. The number of rotatable bonds is 6.